The van der Waals surface area contributed by atoms with Crippen LogP contribution in [0.15, 0.2) is 12.2 Å². The minimum absolute atomic E-state index is 0.0488. The zero-order valence-corrected chi connectivity index (χ0v) is 8.66. The van der Waals surface area contributed by atoms with Crippen LogP contribution in [-0.2, 0) is 14.3 Å². The van der Waals surface area contributed by atoms with Gasteiger partial charge in [-0.2, -0.15) is 0 Å². The molecule has 0 unspecified atom stereocenters. The second-order valence-corrected chi connectivity index (χ2v) is 4.26. The summed E-state index contributed by atoms with van der Waals surface area (Å²) in [5.41, 5.74) is -0.114. The lowest BCUT2D eigenvalue weighted by Gasteiger charge is -2.33. The molecule has 1 aliphatic carbocycles. The van der Waals surface area contributed by atoms with Gasteiger partial charge >= 0.3 is 5.97 Å². The molecule has 14 heavy (non-hydrogen) atoms. The number of carbonyl (C=O) groups excluding carboxylic acids is 1. The van der Waals surface area contributed by atoms with Gasteiger partial charge in [0.15, 0.2) is 0 Å². The van der Waals surface area contributed by atoms with Gasteiger partial charge in [-0.25, -0.2) is 0 Å². The summed E-state index contributed by atoms with van der Waals surface area (Å²) in [7, 11) is 0. The molecule has 1 fully saturated rings. The van der Waals surface area contributed by atoms with Gasteiger partial charge in [-0.3, -0.25) is 4.79 Å². The lowest BCUT2D eigenvalue weighted by Crippen LogP contribution is -2.36. The van der Waals surface area contributed by atoms with E-state index in [9.17, 15) is 4.79 Å². The Labute approximate surface area is 84.1 Å². The SMILES string of the molecule is CC(=O)O[C@H]1C=C[C@]2(C)OCC[C@@H]2C1. The monoisotopic (exact) mass is 196 g/mol. The molecule has 1 saturated heterocycles. The first-order valence-electron chi connectivity index (χ1n) is 5.11. The number of hydrogen-bond donors (Lipinski definition) is 0. The first-order chi connectivity index (χ1) is 6.60. The Balaban J connectivity index is 2.05. The summed E-state index contributed by atoms with van der Waals surface area (Å²) in [4.78, 5) is 10.8. The summed E-state index contributed by atoms with van der Waals surface area (Å²) >= 11 is 0. The molecule has 1 heterocycles. The van der Waals surface area contributed by atoms with E-state index in [1.807, 2.05) is 12.2 Å². The first-order valence-corrected chi connectivity index (χ1v) is 5.11. The van der Waals surface area contributed by atoms with Crippen LogP contribution in [0.2, 0.25) is 0 Å². The third-order valence-electron chi connectivity index (χ3n) is 3.17. The minimum Gasteiger partial charge on any atom is -0.458 e. The molecular weight excluding hydrogens is 180 g/mol. The summed E-state index contributed by atoms with van der Waals surface area (Å²) in [5.74, 6) is 0.291. The minimum atomic E-state index is -0.206. The predicted octanol–water partition coefficient (Wildman–Crippen LogP) is 1.67. The average molecular weight is 196 g/mol. The van der Waals surface area contributed by atoms with Crippen molar-refractivity contribution in [3.05, 3.63) is 12.2 Å². The molecule has 1 aliphatic heterocycles. The van der Waals surface area contributed by atoms with E-state index >= 15 is 0 Å². The normalized spacial score (nSPS) is 40.7. The summed E-state index contributed by atoms with van der Waals surface area (Å²) in [5, 5.41) is 0. The highest BCUT2D eigenvalue weighted by molar-refractivity contribution is 5.66. The Morgan fingerprint density at radius 1 is 1.64 bits per heavy atom. The van der Waals surface area contributed by atoms with Crippen LogP contribution in [0.4, 0.5) is 0 Å². The quantitative estimate of drug-likeness (QED) is 0.472. The second kappa shape index (κ2) is 3.39. The maximum absolute atomic E-state index is 10.8. The number of carbonyl (C=O) groups is 1. The maximum atomic E-state index is 10.8. The van der Waals surface area contributed by atoms with Crippen molar-refractivity contribution in [2.24, 2.45) is 5.92 Å². The Morgan fingerprint density at radius 3 is 3.14 bits per heavy atom. The highest BCUT2D eigenvalue weighted by atomic mass is 16.5. The van der Waals surface area contributed by atoms with Crippen molar-refractivity contribution in [2.75, 3.05) is 6.61 Å². The fourth-order valence-electron chi connectivity index (χ4n) is 2.32. The van der Waals surface area contributed by atoms with Crippen molar-refractivity contribution in [3.8, 4) is 0 Å². The van der Waals surface area contributed by atoms with Gasteiger partial charge in [0.1, 0.15) is 6.10 Å². The van der Waals surface area contributed by atoms with E-state index < -0.39 is 0 Å². The van der Waals surface area contributed by atoms with Crippen LogP contribution in [0.3, 0.4) is 0 Å². The third kappa shape index (κ3) is 1.69. The van der Waals surface area contributed by atoms with Crippen molar-refractivity contribution in [3.63, 3.8) is 0 Å². The van der Waals surface area contributed by atoms with Crippen LogP contribution in [0.25, 0.3) is 0 Å². The highest BCUT2D eigenvalue weighted by Gasteiger charge is 2.42. The van der Waals surface area contributed by atoms with Crippen LogP contribution >= 0.6 is 0 Å². The first kappa shape index (κ1) is 9.71. The fourth-order valence-corrected chi connectivity index (χ4v) is 2.32. The zero-order chi connectivity index (χ0) is 10.2. The molecule has 2 aliphatic rings. The number of hydrogen-bond acceptors (Lipinski definition) is 3. The van der Waals surface area contributed by atoms with Crippen molar-refractivity contribution < 1.29 is 14.3 Å². The van der Waals surface area contributed by atoms with Crippen LogP contribution in [-0.4, -0.2) is 24.3 Å². The lowest BCUT2D eigenvalue weighted by atomic mass is 9.80. The standard InChI is InChI=1S/C11H16O3/c1-8(12)14-10-3-5-11(2)9(7-10)4-6-13-11/h3,5,9-10H,4,6-7H2,1-2H3/t9-,10+,11+/m1/s1. The van der Waals surface area contributed by atoms with E-state index in [2.05, 4.69) is 6.92 Å². The van der Waals surface area contributed by atoms with Gasteiger partial charge in [0.05, 0.1) is 5.60 Å². The molecule has 0 N–H and O–H groups in total. The molecule has 3 nitrogen and oxygen atoms in total. The molecule has 0 aromatic carbocycles. The van der Waals surface area contributed by atoms with E-state index in [0.29, 0.717) is 5.92 Å². The van der Waals surface area contributed by atoms with E-state index in [4.69, 9.17) is 9.47 Å². The molecule has 0 aromatic rings. The van der Waals surface area contributed by atoms with E-state index in [0.717, 1.165) is 19.4 Å². The van der Waals surface area contributed by atoms with Crippen LogP contribution in [0.1, 0.15) is 26.7 Å². The number of ether oxygens (including phenoxy) is 2. The molecule has 0 aromatic heterocycles. The Bertz CT molecular complexity index is 272. The second-order valence-electron chi connectivity index (χ2n) is 4.26. The molecule has 0 spiro atoms. The van der Waals surface area contributed by atoms with E-state index in [1.54, 1.807) is 0 Å². The van der Waals surface area contributed by atoms with E-state index in [1.165, 1.54) is 6.92 Å². The smallest absolute Gasteiger partial charge is 0.303 e. The molecule has 0 saturated carbocycles. The summed E-state index contributed by atoms with van der Waals surface area (Å²) in [6.45, 7) is 4.37. The Kier molecular flexibility index (Phi) is 2.35. The fraction of sp³-hybridized carbons (Fsp3) is 0.727. The van der Waals surface area contributed by atoms with Gasteiger partial charge in [-0.1, -0.05) is 6.08 Å². The van der Waals surface area contributed by atoms with Crippen LogP contribution in [0.5, 0.6) is 0 Å². The largest absolute Gasteiger partial charge is 0.458 e. The van der Waals surface area contributed by atoms with Gasteiger partial charge < -0.3 is 9.47 Å². The summed E-state index contributed by atoms with van der Waals surface area (Å²) in [6.07, 6.45) is 5.91. The number of rotatable bonds is 1. The Morgan fingerprint density at radius 2 is 2.43 bits per heavy atom. The molecule has 78 valence electrons. The molecule has 2 rings (SSSR count). The highest BCUT2D eigenvalue weighted by Crippen LogP contribution is 2.39. The van der Waals surface area contributed by atoms with Gasteiger partial charge in [-0.05, 0) is 31.8 Å². The molecule has 3 heteroatoms. The van der Waals surface area contributed by atoms with Crippen LogP contribution in [0, 0.1) is 5.92 Å². The average Bonchev–Trinajstić information content (AvgIpc) is 2.45. The van der Waals surface area contributed by atoms with Crippen molar-refractivity contribution >= 4 is 5.97 Å². The predicted molar refractivity (Wildman–Crippen MR) is 51.8 cm³/mol. The van der Waals surface area contributed by atoms with Crippen molar-refractivity contribution in [1.29, 1.82) is 0 Å². The van der Waals surface area contributed by atoms with Gasteiger partial charge in [0.2, 0.25) is 0 Å². The molecule has 3 atom stereocenters. The van der Waals surface area contributed by atoms with Crippen LogP contribution < -0.4 is 0 Å². The number of esters is 1. The van der Waals surface area contributed by atoms with Gasteiger partial charge in [0, 0.05) is 13.5 Å². The van der Waals surface area contributed by atoms with Gasteiger partial charge in [0.25, 0.3) is 0 Å². The Hall–Kier alpha value is -0.830. The van der Waals surface area contributed by atoms with Crippen molar-refractivity contribution in [1.82, 2.24) is 0 Å². The lowest BCUT2D eigenvalue weighted by molar-refractivity contribution is -0.145. The zero-order valence-electron chi connectivity index (χ0n) is 8.66. The van der Waals surface area contributed by atoms with E-state index in [-0.39, 0.29) is 17.7 Å². The molecular formula is C11H16O3. The van der Waals surface area contributed by atoms with Gasteiger partial charge in [-0.15, -0.1) is 0 Å². The third-order valence-corrected chi connectivity index (χ3v) is 3.17. The number of fused-ring (bicyclic) bond motifs is 1. The van der Waals surface area contributed by atoms with Crippen molar-refractivity contribution in [2.45, 2.75) is 38.4 Å². The molecule has 0 bridgehead atoms. The molecule has 0 radical (unpaired) electrons. The summed E-state index contributed by atoms with van der Waals surface area (Å²) in [6, 6.07) is 0. The molecule has 0 amide bonds. The summed E-state index contributed by atoms with van der Waals surface area (Å²) < 4.78 is 10.8. The maximum Gasteiger partial charge on any atom is 0.303 e. The topological polar surface area (TPSA) is 35.5 Å².